The number of nitrogens with one attached hydrogen (secondary N) is 2. The number of hydrogen-bond donors (Lipinski definition) is 2. The Hall–Kier alpha value is -1.81. The van der Waals surface area contributed by atoms with E-state index in [1.165, 1.54) is 5.39 Å². The molecule has 2 rings (SSSR count). The van der Waals surface area contributed by atoms with Gasteiger partial charge in [-0.1, -0.05) is 18.2 Å². The minimum atomic E-state index is -0.0860. The zero-order valence-corrected chi connectivity index (χ0v) is 9.82. The Morgan fingerprint density at radius 2 is 2.24 bits per heavy atom. The Bertz CT molecular complexity index is 505. The van der Waals surface area contributed by atoms with Crippen molar-refractivity contribution in [1.29, 1.82) is 0 Å². The van der Waals surface area contributed by atoms with Gasteiger partial charge in [-0.3, -0.25) is 9.63 Å². The van der Waals surface area contributed by atoms with Crippen LogP contribution in [0, 0.1) is 0 Å². The lowest BCUT2D eigenvalue weighted by Gasteiger charge is -2.02. The first-order valence-electron chi connectivity index (χ1n) is 5.77. The predicted molar refractivity (Wildman–Crippen MR) is 66.4 cm³/mol. The molecule has 0 spiro atoms. The number of para-hydroxylation sites is 1. The third kappa shape index (κ3) is 2.85. The first kappa shape index (κ1) is 11.7. The van der Waals surface area contributed by atoms with Crippen LogP contribution in [0.3, 0.4) is 0 Å². The monoisotopic (exact) mass is 232 g/mol. The molecule has 0 aliphatic rings. The van der Waals surface area contributed by atoms with Crippen LogP contribution < -0.4 is 5.48 Å². The Balaban J connectivity index is 1.97. The Morgan fingerprint density at radius 1 is 1.41 bits per heavy atom. The number of aromatic nitrogens is 1. The van der Waals surface area contributed by atoms with E-state index < -0.39 is 0 Å². The second-order valence-corrected chi connectivity index (χ2v) is 3.82. The fourth-order valence-electron chi connectivity index (χ4n) is 1.79. The highest BCUT2D eigenvalue weighted by Gasteiger charge is 2.06. The molecule has 17 heavy (non-hydrogen) atoms. The van der Waals surface area contributed by atoms with Gasteiger partial charge in [-0.25, -0.2) is 5.48 Å². The van der Waals surface area contributed by atoms with Gasteiger partial charge in [0, 0.05) is 23.5 Å². The molecular formula is C13H16N2O2. The molecule has 0 saturated carbocycles. The summed E-state index contributed by atoms with van der Waals surface area (Å²) in [6.07, 6.45) is 3.10. The molecule has 0 aliphatic carbocycles. The van der Waals surface area contributed by atoms with Crippen molar-refractivity contribution in [2.45, 2.75) is 19.8 Å². The van der Waals surface area contributed by atoms with Crippen LogP contribution in [0.4, 0.5) is 0 Å². The minimum Gasteiger partial charge on any atom is -0.361 e. The lowest BCUT2D eigenvalue weighted by molar-refractivity contribution is -0.133. The van der Waals surface area contributed by atoms with Crippen LogP contribution >= 0.6 is 0 Å². The summed E-state index contributed by atoms with van der Waals surface area (Å²) in [7, 11) is 0. The van der Waals surface area contributed by atoms with Gasteiger partial charge in [-0.2, -0.15) is 0 Å². The molecule has 0 radical (unpaired) electrons. The topological polar surface area (TPSA) is 54.1 Å². The van der Waals surface area contributed by atoms with E-state index in [0.717, 1.165) is 11.1 Å². The van der Waals surface area contributed by atoms with Gasteiger partial charge in [0.15, 0.2) is 0 Å². The zero-order valence-electron chi connectivity index (χ0n) is 9.82. The molecule has 2 aromatic rings. The van der Waals surface area contributed by atoms with Gasteiger partial charge in [0.2, 0.25) is 5.91 Å². The largest absolute Gasteiger partial charge is 0.361 e. The van der Waals surface area contributed by atoms with Crippen molar-refractivity contribution in [3.8, 4) is 0 Å². The summed E-state index contributed by atoms with van der Waals surface area (Å²) in [5.74, 6) is -0.0860. The van der Waals surface area contributed by atoms with Gasteiger partial charge in [0.05, 0.1) is 6.61 Å². The fraction of sp³-hybridized carbons (Fsp3) is 0.308. The molecule has 0 fully saturated rings. The van der Waals surface area contributed by atoms with Crippen molar-refractivity contribution in [2.75, 3.05) is 6.61 Å². The van der Waals surface area contributed by atoms with E-state index in [0.29, 0.717) is 19.4 Å². The molecule has 4 nitrogen and oxygen atoms in total. The van der Waals surface area contributed by atoms with Gasteiger partial charge in [-0.15, -0.1) is 0 Å². The van der Waals surface area contributed by atoms with Crippen LogP contribution in [0.1, 0.15) is 18.9 Å². The van der Waals surface area contributed by atoms with E-state index >= 15 is 0 Å². The fourth-order valence-corrected chi connectivity index (χ4v) is 1.79. The van der Waals surface area contributed by atoms with E-state index in [1.807, 2.05) is 31.3 Å². The highest BCUT2D eigenvalue weighted by Crippen LogP contribution is 2.18. The maximum atomic E-state index is 11.4. The first-order valence-corrected chi connectivity index (χ1v) is 5.77. The first-order chi connectivity index (χ1) is 8.31. The normalized spacial score (nSPS) is 10.6. The van der Waals surface area contributed by atoms with Crippen molar-refractivity contribution in [3.63, 3.8) is 0 Å². The molecule has 0 bridgehead atoms. The number of aromatic amines is 1. The molecule has 0 atom stereocenters. The third-order valence-electron chi connectivity index (χ3n) is 2.63. The van der Waals surface area contributed by atoms with Crippen LogP contribution in [-0.2, 0) is 16.1 Å². The molecule has 90 valence electrons. The average molecular weight is 232 g/mol. The molecule has 1 aromatic carbocycles. The zero-order chi connectivity index (χ0) is 12.1. The number of rotatable bonds is 5. The number of carbonyl (C=O) groups is 1. The molecule has 0 saturated heterocycles. The Morgan fingerprint density at radius 3 is 3.06 bits per heavy atom. The number of aryl methyl sites for hydroxylation is 1. The second-order valence-electron chi connectivity index (χ2n) is 3.82. The molecule has 4 heteroatoms. The van der Waals surface area contributed by atoms with Gasteiger partial charge in [0.1, 0.15) is 0 Å². The number of amides is 1. The molecule has 1 amide bonds. The van der Waals surface area contributed by atoms with Crippen LogP contribution in [0.5, 0.6) is 0 Å². The van der Waals surface area contributed by atoms with E-state index in [-0.39, 0.29) is 5.91 Å². The molecular weight excluding hydrogens is 216 g/mol. The summed E-state index contributed by atoms with van der Waals surface area (Å²) in [4.78, 5) is 19.4. The summed E-state index contributed by atoms with van der Waals surface area (Å²) in [5, 5.41) is 1.18. The summed E-state index contributed by atoms with van der Waals surface area (Å²) >= 11 is 0. The van der Waals surface area contributed by atoms with E-state index in [4.69, 9.17) is 4.84 Å². The average Bonchev–Trinajstić information content (AvgIpc) is 2.77. The maximum absolute atomic E-state index is 11.4. The molecule has 1 aromatic heterocycles. The summed E-state index contributed by atoms with van der Waals surface area (Å²) < 4.78 is 0. The lowest BCUT2D eigenvalue weighted by atomic mass is 10.1. The maximum Gasteiger partial charge on any atom is 0.243 e. The number of hydroxylamine groups is 1. The van der Waals surface area contributed by atoms with Crippen LogP contribution in [-0.4, -0.2) is 17.5 Å². The summed E-state index contributed by atoms with van der Waals surface area (Å²) in [6, 6.07) is 8.07. The quantitative estimate of drug-likeness (QED) is 0.776. The van der Waals surface area contributed by atoms with Crippen LogP contribution in [0.15, 0.2) is 30.5 Å². The predicted octanol–water partition coefficient (Wildman–Crippen LogP) is 2.17. The van der Waals surface area contributed by atoms with Crippen molar-refractivity contribution >= 4 is 16.8 Å². The molecule has 0 aliphatic heterocycles. The smallest absolute Gasteiger partial charge is 0.243 e. The van der Waals surface area contributed by atoms with Crippen molar-refractivity contribution in [3.05, 3.63) is 36.0 Å². The Kier molecular flexibility index (Phi) is 3.77. The standard InChI is InChI=1S/C13H16N2O2/c1-2-17-15-13(16)8-7-10-9-14-12-6-4-3-5-11(10)12/h3-6,9,14H,2,7-8H2,1H3,(H,15,16). The SMILES string of the molecule is CCONC(=O)CCc1c[nH]c2ccccc12. The molecule has 0 unspecified atom stereocenters. The van der Waals surface area contributed by atoms with Crippen molar-refractivity contribution in [2.24, 2.45) is 0 Å². The number of H-pyrrole nitrogens is 1. The van der Waals surface area contributed by atoms with Crippen LogP contribution in [0.2, 0.25) is 0 Å². The van der Waals surface area contributed by atoms with Gasteiger partial charge >= 0.3 is 0 Å². The highest BCUT2D eigenvalue weighted by atomic mass is 16.6. The van der Waals surface area contributed by atoms with Gasteiger partial charge < -0.3 is 4.98 Å². The Labute approximate surface area is 99.9 Å². The van der Waals surface area contributed by atoms with E-state index in [1.54, 1.807) is 0 Å². The number of carbonyl (C=O) groups excluding carboxylic acids is 1. The molecule has 1 heterocycles. The van der Waals surface area contributed by atoms with Gasteiger partial charge in [-0.05, 0) is 25.0 Å². The number of fused-ring (bicyclic) bond motifs is 1. The number of benzene rings is 1. The summed E-state index contributed by atoms with van der Waals surface area (Å²) in [6.45, 7) is 2.32. The summed E-state index contributed by atoms with van der Waals surface area (Å²) in [5.41, 5.74) is 4.66. The van der Waals surface area contributed by atoms with Crippen molar-refractivity contribution in [1.82, 2.24) is 10.5 Å². The van der Waals surface area contributed by atoms with E-state index in [2.05, 4.69) is 16.5 Å². The van der Waals surface area contributed by atoms with Crippen LogP contribution in [0.25, 0.3) is 10.9 Å². The highest BCUT2D eigenvalue weighted by molar-refractivity contribution is 5.84. The van der Waals surface area contributed by atoms with E-state index in [9.17, 15) is 4.79 Å². The second kappa shape index (κ2) is 5.50. The van der Waals surface area contributed by atoms with Gasteiger partial charge in [0.25, 0.3) is 0 Å². The third-order valence-corrected chi connectivity index (χ3v) is 2.63. The lowest BCUT2D eigenvalue weighted by Crippen LogP contribution is -2.23. The minimum absolute atomic E-state index is 0.0860. The van der Waals surface area contributed by atoms with Crippen molar-refractivity contribution < 1.29 is 9.63 Å². The molecule has 2 N–H and O–H groups in total. The number of hydrogen-bond acceptors (Lipinski definition) is 2.